The first-order valence-electron chi connectivity index (χ1n) is 6.32. The fourth-order valence-corrected chi connectivity index (χ4v) is 2.62. The van der Waals surface area contributed by atoms with Crippen molar-refractivity contribution in [3.8, 4) is 5.75 Å². The zero-order valence-electron chi connectivity index (χ0n) is 11.5. The van der Waals surface area contributed by atoms with Gasteiger partial charge >= 0.3 is 0 Å². The molecular formula is C15H16ClNO3S. The molecule has 0 spiro atoms. The second-order valence-electron chi connectivity index (χ2n) is 4.64. The van der Waals surface area contributed by atoms with Crippen LogP contribution in [0.5, 0.6) is 5.75 Å². The summed E-state index contributed by atoms with van der Waals surface area (Å²) in [5.74, 6) is 0.563. The summed E-state index contributed by atoms with van der Waals surface area (Å²) in [5, 5.41) is 0.645. The van der Waals surface area contributed by atoms with Crippen molar-refractivity contribution < 1.29 is 13.2 Å². The highest BCUT2D eigenvalue weighted by atomic mass is 35.5. The van der Waals surface area contributed by atoms with Gasteiger partial charge in [-0.2, -0.15) is 0 Å². The predicted molar refractivity (Wildman–Crippen MR) is 83.4 cm³/mol. The van der Waals surface area contributed by atoms with Gasteiger partial charge in [-0.25, -0.2) is 8.42 Å². The topological polar surface area (TPSA) is 69.4 Å². The maximum Gasteiger partial charge on any atom is 0.175 e. The zero-order chi connectivity index (χ0) is 15.5. The van der Waals surface area contributed by atoms with Gasteiger partial charge in [-0.1, -0.05) is 23.7 Å². The molecule has 112 valence electrons. The van der Waals surface area contributed by atoms with Crippen molar-refractivity contribution in [2.45, 2.75) is 11.0 Å². The summed E-state index contributed by atoms with van der Waals surface area (Å²) >= 11 is 5.85. The summed E-state index contributed by atoms with van der Waals surface area (Å²) in [6.45, 7) is 0.301. The van der Waals surface area contributed by atoms with Crippen LogP contribution in [0.15, 0.2) is 53.4 Å². The van der Waals surface area contributed by atoms with E-state index in [0.717, 1.165) is 5.56 Å². The van der Waals surface area contributed by atoms with Crippen LogP contribution in [0.4, 0.5) is 0 Å². The van der Waals surface area contributed by atoms with Crippen LogP contribution >= 0.6 is 11.6 Å². The van der Waals surface area contributed by atoms with Crippen molar-refractivity contribution >= 4 is 21.4 Å². The molecule has 0 saturated heterocycles. The smallest absolute Gasteiger partial charge is 0.175 e. The van der Waals surface area contributed by atoms with E-state index in [1.165, 1.54) is 18.4 Å². The van der Waals surface area contributed by atoms with Gasteiger partial charge in [0.25, 0.3) is 0 Å². The summed E-state index contributed by atoms with van der Waals surface area (Å²) in [5.41, 5.74) is 6.65. The molecule has 0 aromatic heterocycles. The first-order valence-corrected chi connectivity index (χ1v) is 8.59. The normalized spacial score (nSPS) is 12.9. The van der Waals surface area contributed by atoms with Gasteiger partial charge in [0.15, 0.2) is 9.84 Å². The Balaban J connectivity index is 2.17. The molecule has 21 heavy (non-hydrogen) atoms. The number of hydrogen-bond donors (Lipinski definition) is 1. The van der Waals surface area contributed by atoms with E-state index in [0.29, 0.717) is 17.3 Å². The predicted octanol–water partition coefficient (Wildman–Crippen LogP) is 2.82. The van der Waals surface area contributed by atoms with Crippen molar-refractivity contribution in [3.63, 3.8) is 0 Å². The van der Waals surface area contributed by atoms with Gasteiger partial charge < -0.3 is 10.5 Å². The van der Waals surface area contributed by atoms with Crippen LogP contribution in [0.2, 0.25) is 5.02 Å². The summed E-state index contributed by atoms with van der Waals surface area (Å²) in [4.78, 5) is 0.255. The molecule has 0 fully saturated rings. The Bertz CT molecular complexity index is 697. The fourth-order valence-electron chi connectivity index (χ4n) is 1.86. The van der Waals surface area contributed by atoms with Crippen LogP contribution in [-0.2, 0) is 9.84 Å². The van der Waals surface area contributed by atoms with Gasteiger partial charge in [0.1, 0.15) is 11.9 Å². The summed E-state index contributed by atoms with van der Waals surface area (Å²) < 4.78 is 28.6. The number of benzene rings is 2. The highest BCUT2D eigenvalue weighted by molar-refractivity contribution is 7.90. The van der Waals surface area contributed by atoms with Crippen molar-refractivity contribution in [2.24, 2.45) is 5.73 Å². The van der Waals surface area contributed by atoms with E-state index in [1.807, 2.05) is 12.1 Å². The minimum absolute atomic E-state index is 0.255. The Kier molecular flexibility index (Phi) is 4.88. The lowest BCUT2D eigenvalue weighted by molar-refractivity contribution is 0.214. The molecule has 2 aromatic carbocycles. The maximum atomic E-state index is 11.4. The van der Waals surface area contributed by atoms with Crippen molar-refractivity contribution in [1.82, 2.24) is 0 Å². The zero-order valence-corrected chi connectivity index (χ0v) is 13.1. The molecule has 4 nitrogen and oxygen atoms in total. The lowest BCUT2D eigenvalue weighted by atomic mass is 10.1. The second-order valence-corrected chi connectivity index (χ2v) is 7.09. The molecule has 0 saturated carbocycles. The van der Waals surface area contributed by atoms with E-state index in [9.17, 15) is 8.42 Å². The number of rotatable bonds is 5. The molecule has 0 amide bonds. The van der Waals surface area contributed by atoms with E-state index in [2.05, 4.69) is 0 Å². The van der Waals surface area contributed by atoms with Crippen LogP contribution in [-0.4, -0.2) is 21.2 Å². The monoisotopic (exact) mass is 325 g/mol. The molecule has 0 radical (unpaired) electrons. The fraction of sp³-hybridized carbons (Fsp3) is 0.200. The third-order valence-electron chi connectivity index (χ3n) is 2.99. The van der Waals surface area contributed by atoms with E-state index in [-0.39, 0.29) is 11.0 Å². The minimum atomic E-state index is -3.21. The molecule has 0 aliphatic heterocycles. The third kappa shape index (κ3) is 4.20. The van der Waals surface area contributed by atoms with E-state index in [1.54, 1.807) is 24.3 Å². The van der Waals surface area contributed by atoms with Gasteiger partial charge in [0, 0.05) is 17.8 Å². The number of ether oxygens (including phenoxy) is 1. The number of halogens is 1. The molecule has 2 aromatic rings. The molecule has 2 rings (SSSR count). The quantitative estimate of drug-likeness (QED) is 0.917. The summed E-state index contributed by atoms with van der Waals surface area (Å²) in [6, 6.07) is 13.5. The van der Waals surface area contributed by atoms with E-state index in [4.69, 9.17) is 22.1 Å². The summed E-state index contributed by atoms with van der Waals surface area (Å²) in [7, 11) is -3.21. The van der Waals surface area contributed by atoms with Crippen LogP contribution in [0.25, 0.3) is 0 Å². The lowest BCUT2D eigenvalue weighted by Crippen LogP contribution is -2.18. The Morgan fingerprint density at radius 3 is 2.14 bits per heavy atom. The lowest BCUT2D eigenvalue weighted by Gasteiger charge is -2.18. The first kappa shape index (κ1) is 15.8. The van der Waals surface area contributed by atoms with Crippen molar-refractivity contribution in [1.29, 1.82) is 0 Å². The molecule has 1 unspecified atom stereocenters. The van der Waals surface area contributed by atoms with E-state index < -0.39 is 9.84 Å². The van der Waals surface area contributed by atoms with E-state index >= 15 is 0 Å². The number of sulfone groups is 1. The molecule has 0 aliphatic carbocycles. The van der Waals surface area contributed by atoms with Crippen molar-refractivity contribution in [3.05, 3.63) is 59.1 Å². The molecular weight excluding hydrogens is 310 g/mol. The van der Waals surface area contributed by atoms with Crippen molar-refractivity contribution in [2.75, 3.05) is 12.8 Å². The van der Waals surface area contributed by atoms with Gasteiger partial charge in [-0.05, 0) is 42.0 Å². The van der Waals surface area contributed by atoms with Gasteiger partial charge in [-0.3, -0.25) is 0 Å². The van der Waals surface area contributed by atoms with Crippen LogP contribution in [0.1, 0.15) is 11.7 Å². The molecule has 6 heteroatoms. The molecule has 0 aliphatic rings. The van der Waals surface area contributed by atoms with Crippen LogP contribution < -0.4 is 10.5 Å². The minimum Gasteiger partial charge on any atom is -0.484 e. The Morgan fingerprint density at radius 1 is 1.10 bits per heavy atom. The average Bonchev–Trinajstić information content (AvgIpc) is 2.45. The average molecular weight is 326 g/mol. The highest BCUT2D eigenvalue weighted by Crippen LogP contribution is 2.24. The number of nitrogens with two attached hydrogens (primary N) is 1. The molecule has 1 atom stereocenters. The first-order chi connectivity index (χ1) is 9.90. The number of hydrogen-bond acceptors (Lipinski definition) is 4. The van der Waals surface area contributed by atoms with Gasteiger partial charge in [0.05, 0.1) is 4.90 Å². The van der Waals surface area contributed by atoms with Crippen LogP contribution in [0, 0.1) is 0 Å². The Hall–Kier alpha value is -1.56. The Labute approximate surface area is 129 Å². The SMILES string of the molecule is CS(=O)(=O)c1ccc(OC(CN)c2ccc(Cl)cc2)cc1. The maximum absolute atomic E-state index is 11.4. The van der Waals surface area contributed by atoms with Crippen LogP contribution in [0.3, 0.4) is 0 Å². The highest BCUT2D eigenvalue weighted by Gasteiger charge is 2.12. The largest absolute Gasteiger partial charge is 0.484 e. The van der Waals surface area contributed by atoms with Gasteiger partial charge in [0.2, 0.25) is 0 Å². The molecule has 0 bridgehead atoms. The molecule has 2 N–H and O–H groups in total. The third-order valence-corrected chi connectivity index (χ3v) is 4.37. The van der Waals surface area contributed by atoms with Gasteiger partial charge in [-0.15, -0.1) is 0 Å². The Morgan fingerprint density at radius 2 is 1.67 bits per heavy atom. The molecule has 0 heterocycles. The second kappa shape index (κ2) is 6.47. The summed E-state index contributed by atoms with van der Waals surface area (Å²) in [6.07, 6.45) is 0.852. The standard InChI is InChI=1S/C15H16ClNO3S/c1-21(18,19)14-8-6-13(7-9-14)20-15(10-17)11-2-4-12(16)5-3-11/h2-9,15H,10,17H2,1H3.